The number of hydrogen-bond donors (Lipinski definition) is 1. The Balaban J connectivity index is 1.70. The zero-order chi connectivity index (χ0) is 16.7. The molecular weight excluding hydrogens is 331 g/mol. The van der Waals surface area contributed by atoms with Gasteiger partial charge in [-0.3, -0.25) is 10.1 Å². The van der Waals surface area contributed by atoms with Gasteiger partial charge >= 0.3 is 5.63 Å². The van der Waals surface area contributed by atoms with Gasteiger partial charge in [-0.1, -0.05) is 29.5 Å². The molecule has 0 aliphatic rings. The molecule has 7 heteroatoms. The number of thiazole rings is 1. The number of nitrogens with one attached hydrogen (secondary N) is 1. The molecule has 2 aromatic carbocycles. The molecule has 0 aliphatic heterocycles. The van der Waals surface area contributed by atoms with Gasteiger partial charge in [-0.05, 0) is 30.3 Å². The molecule has 118 valence electrons. The van der Waals surface area contributed by atoms with E-state index in [4.69, 9.17) is 4.42 Å². The number of para-hydroxylation sites is 1. The van der Waals surface area contributed by atoms with Crippen LogP contribution in [0.25, 0.3) is 21.2 Å². The molecule has 24 heavy (non-hydrogen) atoms. The van der Waals surface area contributed by atoms with Crippen LogP contribution in [-0.4, -0.2) is 10.9 Å². The molecule has 5 nitrogen and oxygen atoms in total. The molecule has 4 rings (SSSR count). The molecule has 0 radical (unpaired) electrons. The van der Waals surface area contributed by atoms with Crippen molar-refractivity contribution in [2.75, 3.05) is 5.32 Å². The molecular formula is C17H9FN2O3S. The fourth-order valence-corrected chi connectivity index (χ4v) is 3.22. The maximum Gasteiger partial charge on any atom is 0.349 e. The van der Waals surface area contributed by atoms with Gasteiger partial charge in [0.15, 0.2) is 5.13 Å². The second kappa shape index (κ2) is 5.54. The summed E-state index contributed by atoms with van der Waals surface area (Å²) >= 11 is 1.13. The number of anilines is 1. The van der Waals surface area contributed by atoms with E-state index in [2.05, 4.69) is 10.3 Å². The number of fused-ring (bicyclic) bond motifs is 2. The standard InChI is InChI=1S/C17H9FN2O3S/c18-10-5-6-12-14(8-10)24-17(19-12)20-15(21)11-7-9-3-1-2-4-13(9)23-16(11)22/h1-8H,(H,19,20,21). The predicted molar refractivity (Wildman–Crippen MR) is 90.0 cm³/mol. The Kier molecular flexibility index (Phi) is 3.35. The second-order valence-corrected chi connectivity index (χ2v) is 6.10. The Morgan fingerprint density at radius 3 is 2.88 bits per heavy atom. The van der Waals surface area contributed by atoms with E-state index in [0.29, 0.717) is 21.2 Å². The summed E-state index contributed by atoms with van der Waals surface area (Å²) in [4.78, 5) is 28.5. The third-order valence-corrected chi connectivity index (χ3v) is 4.39. The van der Waals surface area contributed by atoms with E-state index in [1.807, 2.05) is 0 Å². The first-order valence-corrected chi connectivity index (χ1v) is 7.82. The van der Waals surface area contributed by atoms with Gasteiger partial charge in [-0.15, -0.1) is 0 Å². The van der Waals surface area contributed by atoms with E-state index < -0.39 is 11.5 Å². The summed E-state index contributed by atoms with van der Waals surface area (Å²) in [7, 11) is 0. The summed E-state index contributed by atoms with van der Waals surface area (Å²) in [6.45, 7) is 0. The van der Waals surface area contributed by atoms with E-state index in [-0.39, 0.29) is 16.5 Å². The summed E-state index contributed by atoms with van der Waals surface area (Å²) in [5, 5.41) is 3.49. The van der Waals surface area contributed by atoms with Gasteiger partial charge in [-0.2, -0.15) is 0 Å². The molecule has 0 aliphatic carbocycles. The van der Waals surface area contributed by atoms with Crippen LogP contribution < -0.4 is 10.9 Å². The van der Waals surface area contributed by atoms with Crippen LogP contribution in [0.15, 0.2) is 57.7 Å². The highest BCUT2D eigenvalue weighted by atomic mass is 32.1. The Labute approximate surface area is 138 Å². The minimum absolute atomic E-state index is 0.112. The number of aromatic nitrogens is 1. The normalized spacial score (nSPS) is 11.0. The summed E-state index contributed by atoms with van der Waals surface area (Å²) in [6, 6.07) is 12.6. The van der Waals surface area contributed by atoms with Gasteiger partial charge in [0.25, 0.3) is 5.91 Å². The maximum absolute atomic E-state index is 13.2. The quantitative estimate of drug-likeness (QED) is 0.564. The number of hydrogen-bond acceptors (Lipinski definition) is 5. The number of benzene rings is 2. The van der Waals surface area contributed by atoms with E-state index in [0.717, 1.165) is 11.3 Å². The monoisotopic (exact) mass is 340 g/mol. The largest absolute Gasteiger partial charge is 0.422 e. The van der Waals surface area contributed by atoms with Crippen molar-refractivity contribution in [2.24, 2.45) is 0 Å². The molecule has 0 unspecified atom stereocenters. The van der Waals surface area contributed by atoms with Gasteiger partial charge in [0.2, 0.25) is 0 Å². The van der Waals surface area contributed by atoms with Crippen molar-refractivity contribution in [3.63, 3.8) is 0 Å². The van der Waals surface area contributed by atoms with E-state index in [9.17, 15) is 14.0 Å². The third kappa shape index (κ3) is 2.55. The first kappa shape index (κ1) is 14.5. The zero-order valence-corrected chi connectivity index (χ0v) is 12.9. The summed E-state index contributed by atoms with van der Waals surface area (Å²) in [5.41, 5.74) is 0.147. The molecule has 4 aromatic rings. The van der Waals surface area contributed by atoms with Crippen LogP contribution in [0.2, 0.25) is 0 Å². The Bertz CT molecular complexity index is 1150. The van der Waals surface area contributed by atoms with E-state index in [1.165, 1.54) is 24.3 Å². The Hall–Kier alpha value is -3.06. The fourth-order valence-electron chi connectivity index (χ4n) is 2.34. The minimum Gasteiger partial charge on any atom is -0.422 e. The molecule has 0 saturated heterocycles. The van der Waals surface area contributed by atoms with E-state index >= 15 is 0 Å². The topological polar surface area (TPSA) is 72.2 Å². The van der Waals surface area contributed by atoms with Crippen LogP contribution in [0.1, 0.15) is 10.4 Å². The first-order chi connectivity index (χ1) is 11.6. The zero-order valence-electron chi connectivity index (χ0n) is 12.1. The maximum atomic E-state index is 13.2. The number of halogens is 1. The predicted octanol–water partition coefficient (Wildman–Crippen LogP) is 3.79. The lowest BCUT2D eigenvalue weighted by Crippen LogP contribution is -2.20. The Morgan fingerprint density at radius 1 is 1.17 bits per heavy atom. The molecule has 2 aromatic heterocycles. The van der Waals surface area contributed by atoms with Crippen LogP contribution in [0.5, 0.6) is 0 Å². The van der Waals surface area contributed by atoms with Crippen LogP contribution >= 0.6 is 11.3 Å². The molecule has 0 spiro atoms. The third-order valence-electron chi connectivity index (χ3n) is 3.46. The number of carbonyl (C=O) groups excluding carboxylic acids is 1. The molecule has 0 bridgehead atoms. The lowest BCUT2D eigenvalue weighted by molar-refractivity contribution is 0.102. The van der Waals surface area contributed by atoms with Crippen LogP contribution in [0, 0.1) is 5.82 Å². The van der Waals surface area contributed by atoms with Crippen molar-refractivity contribution < 1.29 is 13.6 Å². The van der Waals surface area contributed by atoms with Gasteiger partial charge in [0.05, 0.1) is 10.2 Å². The lowest BCUT2D eigenvalue weighted by Gasteiger charge is -2.02. The minimum atomic E-state index is -0.724. The molecule has 1 amide bonds. The van der Waals surface area contributed by atoms with Gasteiger partial charge in [0.1, 0.15) is 17.0 Å². The number of nitrogens with zero attached hydrogens (tertiary/aromatic N) is 1. The molecule has 0 atom stereocenters. The van der Waals surface area contributed by atoms with Crippen molar-refractivity contribution in [3.05, 3.63) is 70.3 Å². The molecule has 1 N–H and O–H groups in total. The van der Waals surface area contributed by atoms with Crippen molar-refractivity contribution in [1.29, 1.82) is 0 Å². The van der Waals surface area contributed by atoms with Crippen LogP contribution in [0.4, 0.5) is 9.52 Å². The number of rotatable bonds is 2. The van der Waals surface area contributed by atoms with Crippen molar-refractivity contribution in [3.8, 4) is 0 Å². The first-order valence-electron chi connectivity index (χ1n) is 7.00. The van der Waals surface area contributed by atoms with Gasteiger partial charge < -0.3 is 4.42 Å². The van der Waals surface area contributed by atoms with Gasteiger partial charge in [0, 0.05) is 5.39 Å². The summed E-state index contributed by atoms with van der Waals surface area (Å²) in [6.07, 6.45) is 0. The molecule has 0 saturated carbocycles. The lowest BCUT2D eigenvalue weighted by atomic mass is 10.2. The fraction of sp³-hybridized carbons (Fsp3) is 0. The van der Waals surface area contributed by atoms with Crippen molar-refractivity contribution in [1.82, 2.24) is 4.98 Å². The summed E-state index contributed by atoms with van der Waals surface area (Å²) in [5.74, 6) is -0.992. The average Bonchev–Trinajstić information content (AvgIpc) is 2.95. The highest BCUT2D eigenvalue weighted by Crippen LogP contribution is 2.26. The van der Waals surface area contributed by atoms with E-state index in [1.54, 1.807) is 24.3 Å². The molecule has 0 fully saturated rings. The van der Waals surface area contributed by atoms with Crippen LogP contribution in [-0.2, 0) is 0 Å². The second-order valence-electron chi connectivity index (χ2n) is 5.07. The highest BCUT2D eigenvalue weighted by Gasteiger charge is 2.16. The van der Waals surface area contributed by atoms with Crippen LogP contribution in [0.3, 0.4) is 0 Å². The van der Waals surface area contributed by atoms with Crippen molar-refractivity contribution in [2.45, 2.75) is 0 Å². The molecule has 2 heterocycles. The summed E-state index contributed by atoms with van der Waals surface area (Å²) < 4.78 is 19.0. The number of carbonyl (C=O) groups is 1. The van der Waals surface area contributed by atoms with Crippen molar-refractivity contribution >= 4 is 43.6 Å². The SMILES string of the molecule is O=C(Nc1nc2ccc(F)cc2s1)c1cc2ccccc2oc1=O. The Morgan fingerprint density at radius 2 is 2.00 bits per heavy atom. The smallest absolute Gasteiger partial charge is 0.349 e. The highest BCUT2D eigenvalue weighted by molar-refractivity contribution is 7.22. The number of amides is 1. The average molecular weight is 340 g/mol. The van der Waals surface area contributed by atoms with Gasteiger partial charge in [-0.25, -0.2) is 14.2 Å².